The second-order valence-corrected chi connectivity index (χ2v) is 9.77. The number of hydrogen-bond donors (Lipinski definition) is 0. The van der Waals surface area contributed by atoms with Gasteiger partial charge in [0.05, 0.1) is 0 Å². The molecule has 0 bridgehead atoms. The summed E-state index contributed by atoms with van der Waals surface area (Å²) in [6.45, 7) is 6.87. The molecule has 2 heteroatoms. The fourth-order valence-corrected chi connectivity index (χ4v) is 4.88. The van der Waals surface area contributed by atoms with E-state index in [9.17, 15) is 4.79 Å². The van der Waals surface area contributed by atoms with E-state index in [-0.39, 0.29) is 5.97 Å². The molecule has 0 aliphatic heterocycles. The van der Waals surface area contributed by atoms with Crippen LogP contribution in [0.2, 0.25) is 0 Å². The average molecular weight is 447 g/mol. The molecule has 0 saturated heterocycles. The molecule has 2 atom stereocenters. The number of carbonyl (C=O) groups is 1. The predicted octanol–water partition coefficient (Wildman–Crippen LogP) is 9.24. The first-order valence-corrected chi connectivity index (χ1v) is 13.2. The molecule has 0 amide bonds. The van der Waals surface area contributed by atoms with Gasteiger partial charge >= 0.3 is 5.97 Å². The van der Waals surface area contributed by atoms with Crippen LogP contribution in [0, 0.1) is 11.8 Å². The lowest BCUT2D eigenvalue weighted by Crippen LogP contribution is -2.14. The molecule has 1 aliphatic carbocycles. The lowest BCUT2D eigenvalue weighted by Gasteiger charge is -2.27. The van der Waals surface area contributed by atoms with Crippen molar-refractivity contribution in [3.8, 4) is 16.9 Å². The summed E-state index contributed by atoms with van der Waals surface area (Å²) in [4.78, 5) is 11.9. The molecule has 0 fully saturated rings. The molecule has 0 radical (unpaired) electrons. The summed E-state index contributed by atoms with van der Waals surface area (Å²) in [5.74, 6) is 2.18. The van der Waals surface area contributed by atoms with Crippen LogP contribution < -0.4 is 4.74 Å². The zero-order valence-corrected chi connectivity index (χ0v) is 20.9. The van der Waals surface area contributed by atoms with Crippen molar-refractivity contribution in [2.45, 2.75) is 91.4 Å². The third-order valence-electron chi connectivity index (χ3n) is 7.18. The van der Waals surface area contributed by atoms with E-state index in [0.717, 1.165) is 36.7 Å². The number of benzene rings is 2. The number of rotatable bonds is 12. The number of ether oxygens (including phenoxy) is 1. The Hall–Kier alpha value is -2.35. The molecule has 2 aromatic carbocycles. The van der Waals surface area contributed by atoms with Crippen molar-refractivity contribution in [2.75, 3.05) is 0 Å². The van der Waals surface area contributed by atoms with E-state index in [4.69, 9.17) is 4.74 Å². The summed E-state index contributed by atoms with van der Waals surface area (Å²) >= 11 is 0. The van der Waals surface area contributed by atoms with Gasteiger partial charge in [0.15, 0.2) is 0 Å². The van der Waals surface area contributed by atoms with Crippen molar-refractivity contribution in [3.05, 3.63) is 60.2 Å². The average Bonchev–Trinajstić information content (AvgIpc) is 2.85. The number of hydrogen-bond acceptors (Lipinski definition) is 2. The number of allylic oxidation sites excluding steroid dienone is 2. The molecule has 0 N–H and O–H groups in total. The van der Waals surface area contributed by atoms with Crippen LogP contribution >= 0.6 is 0 Å². The largest absolute Gasteiger partial charge is 0.427 e. The van der Waals surface area contributed by atoms with Crippen molar-refractivity contribution in [1.29, 1.82) is 0 Å². The van der Waals surface area contributed by atoms with Gasteiger partial charge in [0.2, 0.25) is 0 Å². The zero-order valence-electron chi connectivity index (χ0n) is 20.9. The van der Waals surface area contributed by atoms with Gasteiger partial charge in [-0.3, -0.25) is 4.79 Å². The normalized spacial score (nSPS) is 16.8. The molecule has 0 spiro atoms. The molecule has 1 aliphatic rings. The monoisotopic (exact) mass is 446 g/mol. The van der Waals surface area contributed by atoms with E-state index in [0.29, 0.717) is 12.2 Å². The Labute approximate surface area is 201 Å². The van der Waals surface area contributed by atoms with Crippen LogP contribution in [-0.2, 0) is 4.79 Å². The first kappa shape index (κ1) is 25.3. The molecule has 3 rings (SSSR count). The Balaban J connectivity index is 1.53. The Kier molecular flexibility index (Phi) is 10.2. The highest BCUT2D eigenvalue weighted by Crippen LogP contribution is 2.36. The fraction of sp³-hybridized carbons (Fsp3) is 0.516. The highest BCUT2D eigenvalue weighted by atomic mass is 16.5. The van der Waals surface area contributed by atoms with Crippen LogP contribution in [0.3, 0.4) is 0 Å². The van der Waals surface area contributed by atoms with Crippen molar-refractivity contribution >= 4 is 11.5 Å². The SMILES string of the molecule is CCCCCC(=O)Oc1ccc(-c2ccc(C3=CCC(C(C)CCCCC)CC3)cc2)cc1. The minimum Gasteiger partial charge on any atom is -0.427 e. The van der Waals surface area contributed by atoms with Gasteiger partial charge in [-0.15, -0.1) is 0 Å². The van der Waals surface area contributed by atoms with Gasteiger partial charge in [-0.05, 0) is 71.9 Å². The summed E-state index contributed by atoms with van der Waals surface area (Å²) in [5, 5.41) is 0. The Morgan fingerprint density at radius 3 is 2.09 bits per heavy atom. The molecule has 2 nitrogen and oxygen atoms in total. The van der Waals surface area contributed by atoms with Crippen LogP contribution in [0.4, 0.5) is 0 Å². The van der Waals surface area contributed by atoms with Gasteiger partial charge in [0.25, 0.3) is 0 Å². The maximum absolute atomic E-state index is 11.9. The first-order chi connectivity index (χ1) is 16.1. The second kappa shape index (κ2) is 13.4. The third kappa shape index (κ3) is 7.88. The standard InChI is InChI=1S/C31H42O2/c1-4-6-8-10-24(3)25-12-14-26(15-13-25)27-16-18-28(19-17-27)29-20-22-30(23-21-29)33-31(32)11-9-7-5-2/h14,16-25H,4-13,15H2,1-3H3. The highest BCUT2D eigenvalue weighted by Gasteiger charge is 2.20. The molecule has 0 heterocycles. The van der Waals surface area contributed by atoms with Gasteiger partial charge in [-0.25, -0.2) is 0 Å². The minimum absolute atomic E-state index is 0.140. The molecule has 2 aromatic rings. The summed E-state index contributed by atoms with van der Waals surface area (Å²) < 4.78 is 5.46. The lowest BCUT2D eigenvalue weighted by atomic mass is 9.78. The molecule has 178 valence electrons. The predicted molar refractivity (Wildman–Crippen MR) is 140 cm³/mol. The van der Waals surface area contributed by atoms with E-state index in [1.165, 1.54) is 61.6 Å². The first-order valence-electron chi connectivity index (χ1n) is 13.2. The second-order valence-electron chi connectivity index (χ2n) is 9.77. The van der Waals surface area contributed by atoms with Crippen molar-refractivity contribution < 1.29 is 9.53 Å². The molecule has 0 saturated carbocycles. The topological polar surface area (TPSA) is 26.3 Å². The molecular weight excluding hydrogens is 404 g/mol. The van der Waals surface area contributed by atoms with Gasteiger partial charge in [-0.1, -0.05) is 102 Å². The van der Waals surface area contributed by atoms with Crippen molar-refractivity contribution in [1.82, 2.24) is 0 Å². The Morgan fingerprint density at radius 1 is 0.879 bits per heavy atom. The summed E-state index contributed by atoms with van der Waals surface area (Å²) in [6, 6.07) is 16.8. The molecule has 0 aromatic heterocycles. The van der Waals surface area contributed by atoms with Crippen LogP contribution in [-0.4, -0.2) is 5.97 Å². The maximum Gasteiger partial charge on any atom is 0.311 e. The maximum atomic E-state index is 11.9. The number of unbranched alkanes of at least 4 members (excludes halogenated alkanes) is 4. The Bertz CT molecular complexity index is 876. The van der Waals surface area contributed by atoms with Crippen LogP contribution in [0.15, 0.2) is 54.6 Å². The Morgan fingerprint density at radius 2 is 1.48 bits per heavy atom. The lowest BCUT2D eigenvalue weighted by molar-refractivity contribution is -0.134. The van der Waals surface area contributed by atoms with Gasteiger partial charge < -0.3 is 4.74 Å². The number of carbonyl (C=O) groups excluding carboxylic acids is 1. The van der Waals surface area contributed by atoms with Crippen LogP contribution in [0.25, 0.3) is 16.7 Å². The molecular formula is C31H42O2. The van der Waals surface area contributed by atoms with Crippen LogP contribution in [0.5, 0.6) is 5.75 Å². The third-order valence-corrected chi connectivity index (χ3v) is 7.18. The van der Waals surface area contributed by atoms with E-state index in [1.807, 2.05) is 24.3 Å². The van der Waals surface area contributed by atoms with Crippen molar-refractivity contribution in [2.24, 2.45) is 11.8 Å². The van der Waals surface area contributed by atoms with Gasteiger partial charge in [-0.2, -0.15) is 0 Å². The quantitative estimate of drug-likeness (QED) is 0.184. The van der Waals surface area contributed by atoms with Gasteiger partial charge in [0, 0.05) is 6.42 Å². The van der Waals surface area contributed by atoms with E-state index < -0.39 is 0 Å². The summed E-state index contributed by atoms with van der Waals surface area (Å²) in [7, 11) is 0. The molecule has 33 heavy (non-hydrogen) atoms. The van der Waals surface area contributed by atoms with Crippen LogP contribution in [0.1, 0.15) is 97.0 Å². The summed E-state index contributed by atoms with van der Waals surface area (Å²) in [6.07, 6.45) is 15.2. The highest BCUT2D eigenvalue weighted by molar-refractivity contribution is 5.74. The van der Waals surface area contributed by atoms with Gasteiger partial charge in [0.1, 0.15) is 5.75 Å². The zero-order chi connectivity index (χ0) is 23.5. The summed E-state index contributed by atoms with van der Waals surface area (Å²) in [5.41, 5.74) is 5.20. The fourth-order valence-electron chi connectivity index (χ4n) is 4.88. The minimum atomic E-state index is -0.140. The van der Waals surface area contributed by atoms with E-state index in [1.54, 1.807) is 0 Å². The van der Waals surface area contributed by atoms with Crippen molar-refractivity contribution in [3.63, 3.8) is 0 Å². The number of esters is 1. The smallest absolute Gasteiger partial charge is 0.311 e. The molecule has 2 unspecified atom stereocenters. The van der Waals surface area contributed by atoms with E-state index >= 15 is 0 Å². The van der Waals surface area contributed by atoms with E-state index in [2.05, 4.69) is 51.1 Å².